The summed E-state index contributed by atoms with van der Waals surface area (Å²) in [5.74, 6) is -0.339. The predicted molar refractivity (Wildman–Crippen MR) is 118 cm³/mol. The standard InChI is InChI=1S/C23H28N4O3/c1-2-24-22(29)18-7-6-8-20(15-18)26-21(28)16-25-19-11-9-17(10-12-19)23(30)27-13-4-3-5-14-27/h6-12,15,25H,2-5,13-14,16H2,1H3,(H,24,29)(H,26,28). The molecule has 0 aromatic heterocycles. The van der Waals surface area contributed by atoms with Crippen molar-refractivity contribution in [3.63, 3.8) is 0 Å². The molecule has 1 aliphatic rings. The number of piperidine rings is 1. The summed E-state index contributed by atoms with van der Waals surface area (Å²) in [7, 11) is 0. The van der Waals surface area contributed by atoms with Gasteiger partial charge < -0.3 is 20.9 Å². The average molecular weight is 409 g/mol. The fourth-order valence-electron chi connectivity index (χ4n) is 3.40. The van der Waals surface area contributed by atoms with Crippen molar-refractivity contribution in [1.29, 1.82) is 0 Å². The van der Waals surface area contributed by atoms with E-state index in [1.165, 1.54) is 6.42 Å². The van der Waals surface area contributed by atoms with Crippen LogP contribution in [-0.4, -0.2) is 48.8 Å². The number of likely N-dealkylation sites (tertiary alicyclic amines) is 1. The van der Waals surface area contributed by atoms with Crippen LogP contribution < -0.4 is 16.0 Å². The fraction of sp³-hybridized carbons (Fsp3) is 0.348. The Morgan fingerprint density at radius 3 is 2.33 bits per heavy atom. The monoisotopic (exact) mass is 408 g/mol. The van der Waals surface area contributed by atoms with Crippen LogP contribution in [0.1, 0.15) is 46.9 Å². The first-order valence-corrected chi connectivity index (χ1v) is 10.4. The van der Waals surface area contributed by atoms with Gasteiger partial charge in [0.1, 0.15) is 0 Å². The second-order valence-electron chi connectivity index (χ2n) is 7.27. The maximum absolute atomic E-state index is 12.5. The summed E-state index contributed by atoms with van der Waals surface area (Å²) >= 11 is 0. The highest BCUT2D eigenvalue weighted by molar-refractivity contribution is 5.98. The zero-order valence-electron chi connectivity index (χ0n) is 17.2. The van der Waals surface area contributed by atoms with E-state index in [-0.39, 0.29) is 24.3 Å². The molecular weight excluding hydrogens is 380 g/mol. The Bertz CT molecular complexity index is 890. The van der Waals surface area contributed by atoms with Gasteiger partial charge in [0, 0.05) is 42.1 Å². The molecular formula is C23H28N4O3. The Kier molecular flexibility index (Phi) is 7.43. The second-order valence-corrected chi connectivity index (χ2v) is 7.27. The molecule has 0 spiro atoms. The third kappa shape index (κ3) is 5.83. The van der Waals surface area contributed by atoms with Gasteiger partial charge in [0.25, 0.3) is 11.8 Å². The molecule has 0 radical (unpaired) electrons. The largest absolute Gasteiger partial charge is 0.376 e. The van der Waals surface area contributed by atoms with E-state index in [1.807, 2.05) is 11.8 Å². The molecule has 1 saturated heterocycles. The molecule has 30 heavy (non-hydrogen) atoms. The second kappa shape index (κ2) is 10.4. The van der Waals surface area contributed by atoms with E-state index < -0.39 is 0 Å². The number of carbonyl (C=O) groups is 3. The summed E-state index contributed by atoms with van der Waals surface area (Å²) in [6.45, 7) is 4.11. The Morgan fingerprint density at radius 2 is 1.63 bits per heavy atom. The van der Waals surface area contributed by atoms with Crippen LogP contribution in [-0.2, 0) is 4.79 Å². The number of amides is 3. The molecule has 1 fully saturated rings. The van der Waals surface area contributed by atoms with Gasteiger partial charge in [-0.15, -0.1) is 0 Å². The smallest absolute Gasteiger partial charge is 0.253 e. The molecule has 0 saturated carbocycles. The molecule has 3 rings (SSSR count). The van der Waals surface area contributed by atoms with Crippen LogP contribution in [0.3, 0.4) is 0 Å². The molecule has 7 heteroatoms. The Morgan fingerprint density at radius 1 is 0.900 bits per heavy atom. The van der Waals surface area contributed by atoms with Crippen molar-refractivity contribution in [3.05, 3.63) is 59.7 Å². The van der Waals surface area contributed by atoms with Gasteiger partial charge in [-0.2, -0.15) is 0 Å². The van der Waals surface area contributed by atoms with Crippen molar-refractivity contribution < 1.29 is 14.4 Å². The molecule has 3 N–H and O–H groups in total. The van der Waals surface area contributed by atoms with Gasteiger partial charge in [0.2, 0.25) is 5.91 Å². The molecule has 2 aromatic carbocycles. The van der Waals surface area contributed by atoms with E-state index >= 15 is 0 Å². The van der Waals surface area contributed by atoms with Gasteiger partial charge in [-0.25, -0.2) is 0 Å². The van der Waals surface area contributed by atoms with Gasteiger partial charge in [-0.05, 0) is 68.7 Å². The minimum Gasteiger partial charge on any atom is -0.376 e. The van der Waals surface area contributed by atoms with E-state index in [0.717, 1.165) is 31.6 Å². The van der Waals surface area contributed by atoms with Crippen LogP contribution in [0.15, 0.2) is 48.5 Å². The van der Waals surface area contributed by atoms with Gasteiger partial charge in [-0.1, -0.05) is 6.07 Å². The molecule has 0 bridgehead atoms. The van der Waals surface area contributed by atoms with Gasteiger partial charge in [-0.3, -0.25) is 14.4 Å². The summed E-state index contributed by atoms with van der Waals surface area (Å²) < 4.78 is 0. The Balaban J connectivity index is 1.50. The lowest BCUT2D eigenvalue weighted by molar-refractivity contribution is -0.114. The van der Waals surface area contributed by atoms with E-state index in [0.29, 0.717) is 23.4 Å². The predicted octanol–water partition coefficient (Wildman–Crippen LogP) is 3.11. The lowest BCUT2D eigenvalue weighted by Gasteiger charge is -2.26. The first kappa shape index (κ1) is 21.4. The van der Waals surface area contributed by atoms with Crippen LogP contribution in [0.25, 0.3) is 0 Å². The molecule has 2 aromatic rings. The van der Waals surface area contributed by atoms with Crippen LogP contribution in [0, 0.1) is 0 Å². The van der Waals surface area contributed by atoms with Crippen LogP contribution in [0.2, 0.25) is 0 Å². The van der Waals surface area contributed by atoms with Crippen molar-refractivity contribution in [2.45, 2.75) is 26.2 Å². The minimum absolute atomic E-state index is 0.0611. The topological polar surface area (TPSA) is 90.5 Å². The van der Waals surface area contributed by atoms with Crippen molar-refractivity contribution in [2.75, 3.05) is 36.8 Å². The fourth-order valence-corrected chi connectivity index (χ4v) is 3.40. The maximum Gasteiger partial charge on any atom is 0.253 e. The highest BCUT2D eigenvalue weighted by Gasteiger charge is 2.17. The van der Waals surface area contributed by atoms with Crippen molar-refractivity contribution in [2.24, 2.45) is 0 Å². The highest BCUT2D eigenvalue weighted by atomic mass is 16.2. The van der Waals surface area contributed by atoms with E-state index in [9.17, 15) is 14.4 Å². The summed E-state index contributed by atoms with van der Waals surface area (Å²) in [4.78, 5) is 38.6. The van der Waals surface area contributed by atoms with Gasteiger partial charge in [0.15, 0.2) is 0 Å². The highest BCUT2D eigenvalue weighted by Crippen LogP contribution is 2.16. The number of nitrogens with zero attached hydrogens (tertiary/aromatic N) is 1. The minimum atomic E-state index is -0.225. The number of hydrogen-bond acceptors (Lipinski definition) is 4. The third-order valence-electron chi connectivity index (χ3n) is 4.97. The summed E-state index contributed by atoms with van der Waals surface area (Å²) in [6, 6.07) is 14.0. The number of anilines is 2. The zero-order chi connectivity index (χ0) is 21.3. The van der Waals surface area contributed by atoms with Crippen molar-refractivity contribution >= 4 is 29.1 Å². The third-order valence-corrected chi connectivity index (χ3v) is 4.97. The number of benzene rings is 2. The molecule has 1 aliphatic heterocycles. The number of rotatable bonds is 7. The van der Waals surface area contributed by atoms with E-state index in [2.05, 4.69) is 16.0 Å². The molecule has 0 unspecified atom stereocenters. The number of carbonyl (C=O) groups excluding carboxylic acids is 3. The molecule has 1 heterocycles. The lowest BCUT2D eigenvalue weighted by atomic mass is 10.1. The normalized spacial score (nSPS) is 13.4. The average Bonchev–Trinajstić information content (AvgIpc) is 2.78. The van der Waals surface area contributed by atoms with Crippen molar-refractivity contribution in [1.82, 2.24) is 10.2 Å². The van der Waals surface area contributed by atoms with E-state index in [4.69, 9.17) is 0 Å². The summed E-state index contributed by atoms with van der Waals surface area (Å²) in [5, 5.41) is 8.56. The SMILES string of the molecule is CCNC(=O)c1cccc(NC(=O)CNc2ccc(C(=O)N3CCCCC3)cc2)c1. The Labute approximate surface area is 176 Å². The molecule has 0 atom stereocenters. The van der Waals surface area contributed by atoms with Crippen LogP contribution in [0.4, 0.5) is 11.4 Å². The zero-order valence-corrected chi connectivity index (χ0v) is 17.2. The van der Waals surface area contributed by atoms with Crippen molar-refractivity contribution in [3.8, 4) is 0 Å². The van der Waals surface area contributed by atoms with Gasteiger partial charge >= 0.3 is 0 Å². The molecule has 3 amide bonds. The van der Waals surface area contributed by atoms with Gasteiger partial charge in [0.05, 0.1) is 6.54 Å². The first-order chi connectivity index (χ1) is 14.6. The molecule has 158 valence electrons. The Hall–Kier alpha value is -3.35. The first-order valence-electron chi connectivity index (χ1n) is 10.4. The quantitative estimate of drug-likeness (QED) is 0.657. The van der Waals surface area contributed by atoms with E-state index in [1.54, 1.807) is 48.5 Å². The molecule has 7 nitrogen and oxygen atoms in total. The van der Waals surface area contributed by atoms with Crippen LogP contribution in [0.5, 0.6) is 0 Å². The van der Waals surface area contributed by atoms with Crippen LogP contribution >= 0.6 is 0 Å². The summed E-state index contributed by atoms with van der Waals surface area (Å²) in [6.07, 6.45) is 3.31. The number of hydrogen-bond donors (Lipinski definition) is 3. The number of nitrogens with one attached hydrogen (secondary N) is 3. The maximum atomic E-state index is 12.5. The summed E-state index contributed by atoms with van der Waals surface area (Å²) in [5.41, 5.74) is 2.48. The lowest BCUT2D eigenvalue weighted by Crippen LogP contribution is -2.35. The molecule has 0 aliphatic carbocycles.